The summed E-state index contributed by atoms with van der Waals surface area (Å²) in [5, 5.41) is 0. The summed E-state index contributed by atoms with van der Waals surface area (Å²) in [4.78, 5) is 29.7. The van der Waals surface area contributed by atoms with Crippen molar-refractivity contribution in [2.45, 2.75) is 27.7 Å². The van der Waals surface area contributed by atoms with Crippen LogP contribution in [0, 0.1) is 27.7 Å². The summed E-state index contributed by atoms with van der Waals surface area (Å²) in [5.41, 5.74) is 37.9. The van der Waals surface area contributed by atoms with Crippen LogP contribution in [-0.4, -0.2) is 29.9 Å². The van der Waals surface area contributed by atoms with Crippen molar-refractivity contribution in [3.63, 3.8) is 0 Å². The van der Waals surface area contributed by atoms with Gasteiger partial charge in [-0.05, 0) is 149 Å². The second-order valence-electron chi connectivity index (χ2n) is 30.9. The predicted octanol–water partition coefficient (Wildman–Crippen LogP) is 31.0. The first-order valence-corrected chi connectivity index (χ1v) is 42.0. The van der Waals surface area contributed by atoms with Crippen LogP contribution in [0.15, 0.2) is 473 Å². The molecule has 0 amide bonds. The lowest BCUT2D eigenvalue weighted by Crippen LogP contribution is -1.96. The SMILES string of the molecule is Cc1cccc(-c2cc(-c3ccc(-c4ccccc4)cc3)cc(-c3ccccc3)n2)c1.Cc1cccc(-c2cc(-c3ccccc3)nc(-c3ccc(-c4ccccc4)cc3)c2)c1.Cc1cccc(-c2cc(-c3ccccc3)nc(-c3ccc(-c4ccccc4)cc3)n2)c1.Cc1cccc(-c2nc(-c3ccccc3)cc(-c3ccc(-c4ccccc4)cc3)n2)c1. The zero-order valence-corrected chi connectivity index (χ0v) is 69.7. The zero-order valence-electron chi connectivity index (χ0n) is 69.7. The van der Waals surface area contributed by atoms with Crippen LogP contribution in [0.5, 0.6) is 0 Å². The van der Waals surface area contributed by atoms with E-state index < -0.39 is 0 Å². The molecule has 124 heavy (non-hydrogen) atoms. The first-order valence-electron chi connectivity index (χ1n) is 42.0. The molecule has 4 aromatic heterocycles. The van der Waals surface area contributed by atoms with Crippen LogP contribution in [0.25, 0.3) is 180 Å². The van der Waals surface area contributed by atoms with Crippen molar-refractivity contribution >= 4 is 0 Å². The van der Waals surface area contributed by atoms with Gasteiger partial charge in [0.05, 0.1) is 45.6 Å². The molecule has 0 saturated heterocycles. The molecule has 20 aromatic rings. The molecule has 0 fully saturated rings. The normalized spacial score (nSPS) is 10.7. The van der Waals surface area contributed by atoms with Gasteiger partial charge in [-0.15, -0.1) is 0 Å². The Morgan fingerprint density at radius 3 is 0.565 bits per heavy atom. The van der Waals surface area contributed by atoms with E-state index >= 15 is 0 Å². The van der Waals surface area contributed by atoms with E-state index in [-0.39, 0.29) is 0 Å². The Morgan fingerprint density at radius 2 is 0.274 bits per heavy atom. The van der Waals surface area contributed by atoms with E-state index in [1.807, 2.05) is 72.8 Å². The minimum absolute atomic E-state index is 0.734. The Hall–Kier alpha value is -16.0. The summed E-state index contributed by atoms with van der Waals surface area (Å²) in [6.07, 6.45) is 0. The van der Waals surface area contributed by atoms with Gasteiger partial charge in [-0.3, -0.25) is 0 Å². The maximum Gasteiger partial charge on any atom is 0.160 e. The molecule has 16 aromatic carbocycles. The van der Waals surface area contributed by atoms with E-state index in [0.717, 1.165) is 113 Å². The molecule has 0 aliphatic rings. The summed E-state index contributed by atoms with van der Waals surface area (Å²) < 4.78 is 0. The molecule has 4 heterocycles. The van der Waals surface area contributed by atoms with Gasteiger partial charge < -0.3 is 0 Å². The van der Waals surface area contributed by atoms with Gasteiger partial charge in [0.15, 0.2) is 11.6 Å². The topological polar surface area (TPSA) is 77.3 Å². The van der Waals surface area contributed by atoms with Gasteiger partial charge in [0.1, 0.15) is 0 Å². The summed E-state index contributed by atoms with van der Waals surface area (Å²) in [7, 11) is 0. The minimum atomic E-state index is 0.734. The molecule has 0 radical (unpaired) electrons. The number of aromatic nitrogens is 6. The molecule has 0 bridgehead atoms. The first-order chi connectivity index (χ1) is 61.0. The molecule has 0 N–H and O–H groups in total. The Labute approximate surface area is 727 Å². The molecule has 20 rings (SSSR count). The molecule has 0 aliphatic carbocycles. The first kappa shape index (κ1) is 80.4. The highest BCUT2D eigenvalue weighted by Gasteiger charge is 2.17. The number of hydrogen-bond donors (Lipinski definition) is 0. The van der Waals surface area contributed by atoms with Crippen molar-refractivity contribution in [1.82, 2.24) is 29.9 Å². The monoisotopic (exact) mass is 1590 g/mol. The third-order valence-electron chi connectivity index (χ3n) is 21.8. The van der Waals surface area contributed by atoms with E-state index in [9.17, 15) is 0 Å². The molecule has 6 heteroatoms. The lowest BCUT2D eigenvalue weighted by Gasteiger charge is -2.11. The predicted molar refractivity (Wildman–Crippen MR) is 518 cm³/mol. The van der Waals surface area contributed by atoms with Crippen molar-refractivity contribution in [2.24, 2.45) is 0 Å². The summed E-state index contributed by atoms with van der Waals surface area (Å²) in [5.74, 6) is 1.48. The summed E-state index contributed by atoms with van der Waals surface area (Å²) in [6, 6.07) is 165. The third kappa shape index (κ3) is 20.3. The molecule has 0 saturated carbocycles. The van der Waals surface area contributed by atoms with E-state index in [1.54, 1.807) is 0 Å². The van der Waals surface area contributed by atoms with Crippen molar-refractivity contribution in [3.05, 3.63) is 495 Å². The number of rotatable bonds is 16. The second-order valence-corrected chi connectivity index (χ2v) is 30.9. The zero-order chi connectivity index (χ0) is 84.2. The van der Waals surface area contributed by atoms with Crippen molar-refractivity contribution in [3.8, 4) is 180 Å². The van der Waals surface area contributed by atoms with Gasteiger partial charge in [-0.2, -0.15) is 0 Å². The van der Waals surface area contributed by atoms with Crippen LogP contribution >= 0.6 is 0 Å². The number of nitrogens with zero attached hydrogens (tertiary/aromatic N) is 6. The van der Waals surface area contributed by atoms with E-state index in [0.29, 0.717) is 0 Å². The van der Waals surface area contributed by atoms with Crippen LogP contribution in [0.1, 0.15) is 22.3 Å². The Bertz CT molecular complexity index is 6070. The van der Waals surface area contributed by atoms with Crippen LogP contribution in [0.4, 0.5) is 0 Å². The molecular weight excluding hydrogens is 1500 g/mol. The molecule has 592 valence electrons. The van der Waals surface area contributed by atoms with Gasteiger partial charge in [0.2, 0.25) is 0 Å². The average molecular weight is 1590 g/mol. The smallest absolute Gasteiger partial charge is 0.160 e. The molecule has 0 aliphatic heterocycles. The van der Waals surface area contributed by atoms with E-state index in [2.05, 4.69) is 428 Å². The lowest BCUT2D eigenvalue weighted by molar-refractivity contribution is 1.18. The number of benzene rings is 16. The van der Waals surface area contributed by atoms with Gasteiger partial charge in [-0.1, -0.05) is 441 Å². The average Bonchev–Trinajstić information content (AvgIpc) is 0.809. The summed E-state index contributed by atoms with van der Waals surface area (Å²) >= 11 is 0. The number of pyridine rings is 2. The molecule has 0 unspecified atom stereocenters. The lowest BCUT2D eigenvalue weighted by atomic mass is 9.97. The largest absolute Gasteiger partial charge is 0.248 e. The fourth-order valence-electron chi connectivity index (χ4n) is 15.2. The molecule has 0 atom stereocenters. The quantitative estimate of drug-likeness (QED) is 0.0959. The Morgan fingerprint density at radius 1 is 0.105 bits per heavy atom. The Kier molecular flexibility index (Phi) is 25.2. The highest BCUT2D eigenvalue weighted by molar-refractivity contribution is 5.82. The highest BCUT2D eigenvalue weighted by atomic mass is 14.9. The van der Waals surface area contributed by atoms with Crippen LogP contribution in [-0.2, 0) is 0 Å². The second kappa shape index (κ2) is 38.8. The summed E-state index contributed by atoms with van der Waals surface area (Å²) in [6.45, 7) is 8.44. The van der Waals surface area contributed by atoms with Crippen molar-refractivity contribution in [2.75, 3.05) is 0 Å². The fraction of sp³-hybridized carbons (Fsp3) is 0.0339. The Balaban J connectivity index is 0.000000117. The standard InChI is InChI=1S/2C30H23N.2C29H22N2/c1-22-9-8-14-27(19-22)30-21-28(20-29(31-30)26-12-6-3-7-13-26)25-17-15-24(16-18-25)23-10-4-2-5-11-23;1-22-9-8-14-27(19-22)28-20-29(25-12-6-3-7-13-25)31-30(21-28)26-17-15-24(16-18-26)23-10-4-2-5-11-23;1-21-9-8-14-26(19-21)28-20-27(24-12-6-3-7-13-24)30-29(31-28)25-17-15-23(16-18-25)22-10-4-2-5-11-22;1-21-9-8-14-26(19-21)29-30-27(24-12-6-3-7-13-24)20-28(31-29)25-17-15-23(16-18-25)22-10-4-2-5-11-22/h2*2-21H,1H3;2*2-20H,1H3. The van der Waals surface area contributed by atoms with E-state index in [4.69, 9.17) is 29.9 Å². The number of hydrogen-bond acceptors (Lipinski definition) is 6. The van der Waals surface area contributed by atoms with Crippen LogP contribution in [0.3, 0.4) is 0 Å². The third-order valence-corrected chi connectivity index (χ3v) is 21.8. The fourth-order valence-corrected chi connectivity index (χ4v) is 15.2. The van der Waals surface area contributed by atoms with Gasteiger partial charge >= 0.3 is 0 Å². The van der Waals surface area contributed by atoms with E-state index in [1.165, 1.54) is 89.0 Å². The van der Waals surface area contributed by atoms with Gasteiger partial charge in [0, 0.05) is 55.6 Å². The maximum atomic E-state index is 5.02. The van der Waals surface area contributed by atoms with Crippen LogP contribution in [0.2, 0.25) is 0 Å². The maximum absolute atomic E-state index is 5.02. The van der Waals surface area contributed by atoms with Crippen LogP contribution < -0.4 is 0 Å². The van der Waals surface area contributed by atoms with Gasteiger partial charge in [0.25, 0.3) is 0 Å². The highest BCUT2D eigenvalue weighted by Crippen LogP contribution is 2.38. The minimum Gasteiger partial charge on any atom is -0.248 e. The molecule has 0 spiro atoms. The number of aryl methyl sites for hydroxylation is 4. The molecule has 6 nitrogen and oxygen atoms in total. The molecular formula is C118H90N6. The van der Waals surface area contributed by atoms with Crippen molar-refractivity contribution in [1.29, 1.82) is 0 Å². The van der Waals surface area contributed by atoms with Gasteiger partial charge in [-0.25, -0.2) is 29.9 Å². The van der Waals surface area contributed by atoms with Crippen molar-refractivity contribution < 1.29 is 0 Å².